The maximum absolute atomic E-state index is 10.8. The van der Waals surface area contributed by atoms with Gasteiger partial charge in [-0.15, -0.1) is 23.2 Å². The summed E-state index contributed by atoms with van der Waals surface area (Å²) >= 11 is 11.1. The van der Waals surface area contributed by atoms with Gasteiger partial charge in [0, 0.05) is 23.4 Å². The lowest BCUT2D eigenvalue weighted by Crippen LogP contribution is -2.01. The molecule has 0 atom stereocenters. The molecule has 0 fully saturated rings. The molecular formula is C13H16Cl2O3. The fourth-order valence-electron chi connectivity index (χ4n) is 1.32. The first-order valence-corrected chi connectivity index (χ1v) is 6.85. The van der Waals surface area contributed by atoms with Crippen molar-refractivity contribution in [2.24, 2.45) is 0 Å². The number of rotatable bonds is 9. The van der Waals surface area contributed by atoms with Gasteiger partial charge in [-0.2, -0.15) is 0 Å². The van der Waals surface area contributed by atoms with Crippen molar-refractivity contribution in [1.29, 1.82) is 0 Å². The zero-order valence-electron chi connectivity index (χ0n) is 10.0. The molecule has 0 unspecified atom stereocenters. The highest BCUT2D eigenvalue weighted by molar-refractivity contribution is 6.18. The molecule has 0 heterocycles. The van der Waals surface area contributed by atoms with Crippen LogP contribution in [0.3, 0.4) is 0 Å². The third-order valence-electron chi connectivity index (χ3n) is 2.13. The average molecular weight is 291 g/mol. The highest BCUT2D eigenvalue weighted by atomic mass is 35.5. The summed E-state index contributed by atoms with van der Waals surface area (Å²) < 4.78 is 11.0. The van der Waals surface area contributed by atoms with Crippen LogP contribution in [-0.2, 0) is 0 Å². The molecule has 1 rings (SSSR count). The Labute approximate surface area is 117 Å². The van der Waals surface area contributed by atoms with Crippen LogP contribution in [0.1, 0.15) is 23.2 Å². The summed E-state index contributed by atoms with van der Waals surface area (Å²) in [6.07, 6.45) is 2.29. The van der Waals surface area contributed by atoms with Gasteiger partial charge < -0.3 is 9.47 Å². The molecule has 1 aromatic rings. The molecule has 0 aliphatic rings. The molecule has 0 N–H and O–H groups in total. The van der Waals surface area contributed by atoms with E-state index in [-0.39, 0.29) is 0 Å². The van der Waals surface area contributed by atoms with Gasteiger partial charge in [0.15, 0.2) is 0 Å². The molecule has 0 radical (unpaired) electrons. The highest BCUT2D eigenvalue weighted by Gasteiger charge is 2.03. The highest BCUT2D eigenvalue weighted by Crippen LogP contribution is 2.22. The first-order valence-electron chi connectivity index (χ1n) is 5.78. The maximum atomic E-state index is 10.8. The third-order valence-corrected chi connectivity index (χ3v) is 2.67. The van der Waals surface area contributed by atoms with Crippen molar-refractivity contribution in [3.05, 3.63) is 23.8 Å². The molecule has 0 spiro atoms. The molecule has 0 aliphatic carbocycles. The van der Waals surface area contributed by atoms with Gasteiger partial charge in [0.2, 0.25) is 0 Å². The molecular weight excluding hydrogens is 275 g/mol. The van der Waals surface area contributed by atoms with Gasteiger partial charge in [-0.3, -0.25) is 4.79 Å². The molecule has 0 bridgehead atoms. The molecule has 0 amide bonds. The van der Waals surface area contributed by atoms with E-state index in [1.165, 1.54) is 0 Å². The van der Waals surface area contributed by atoms with Gasteiger partial charge in [0.1, 0.15) is 17.8 Å². The Morgan fingerprint density at radius 1 is 0.944 bits per heavy atom. The smallest absolute Gasteiger partial charge is 0.150 e. The Bertz CT molecular complexity index is 341. The largest absolute Gasteiger partial charge is 0.493 e. The van der Waals surface area contributed by atoms with Crippen molar-refractivity contribution < 1.29 is 14.3 Å². The minimum absolute atomic E-state index is 0.521. The second-order valence-corrected chi connectivity index (χ2v) is 4.39. The Morgan fingerprint density at radius 2 is 1.44 bits per heavy atom. The van der Waals surface area contributed by atoms with E-state index in [0.29, 0.717) is 42.0 Å². The second kappa shape index (κ2) is 9.06. The second-order valence-electron chi connectivity index (χ2n) is 3.64. The SMILES string of the molecule is O=Cc1cc(OCCCCl)cc(OCCCCl)c1. The average Bonchev–Trinajstić information content (AvgIpc) is 2.39. The number of aldehydes is 1. The standard InChI is InChI=1S/C13H16Cl2O3/c14-3-1-5-17-12-7-11(10-16)8-13(9-12)18-6-2-4-15/h7-10H,1-6H2. The van der Waals surface area contributed by atoms with Crippen LogP contribution in [-0.4, -0.2) is 31.3 Å². The van der Waals surface area contributed by atoms with Gasteiger partial charge in [0.05, 0.1) is 13.2 Å². The number of carbonyl (C=O) groups excluding carboxylic acids is 1. The van der Waals surface area contributed by atoms with E-state index in [4.69, 9.17) is 32.7 Å². The third kappa shape index (κ3) is 5.61. The Morgan fingerprint density at radius 3 is 1.83 bits per heavy atom. The maximum Gasteiger partial charge on any atom is 0.150 e. The number of hydrogen-bond donors (Lipinski definition) is 0. The van der Waals surface area contributed by atoms with Gasteiger partial charge in [-0.25, -0.2) is 0 Å². The van der Waals surface area contributed by atoms with Crippen LogP contribution in [0.2, 0.25) is 0 Å². The zero-order chi connectivity index (χ0) is 13.2. The van der Waals surface area contributed by atoms with Crippen LogP contribution in [0.25, 0.3) is 0 Å². The molecule has 1 aromatic carbocycles. The molecule has 0 aliphatic heterocycles. The van der Waals surface area contributed by atoms with Crippen molar-refractivity contribution in [1.82, 2.24) is 0 Å². The lowest BCUT2D eigenvalue weighted by Gasteiger charge is -2.10. The van der Waals surface area contributed by atoms with Crippen LogP contribution >= 0.6 is 23.2 Å². The Kier molecular flexibility index (Phi) is 7.62. The molecule has 3 nitrogen and oxygen atoms in total. The van der Waals surface area contributed by atoms with Crippen LogP contribution < -0.4 is 9.47 Å². The predicted molar refractivity (Wildman–Crippen MR) is 73.5 cm³/mol. The summed E-state index contributed by atoms with van der Waals surface area (Å²) in [5.41, 5.74) is 0.527. The summed E-state index contributed by atoms with van der Waals surface area (Å²) in [4.78, 5) is 10.8. The number of halogens is 2. The molecule has 100 valence electrons. The van der Waals surface area contributed by atoms with E-state index in [9.17, 15) is 4.79 Å². The first-order chi connectivity index (χ1) is 8.80. The molecule has 0 aromatic heterocycles. The molecule has 0 saturated carbocycles. The minimum Gasteiger partial charge on any atom is -0.493 e. The fraction of sp³-hybridized carbons (Fsp3) is 0.462. The number of hydrogen-bond acceptors (Lipinski definition) is 3. The molecule has 18 heavy (non-hydrogen) atoms. The number of benzene rings is 1. The number of carbonyl (C=O) groups is 1. The van der Waals surface area contributed by atoms with Gasteiger partial charge >= 0.3 is 0 Å². The van der Waals surface area contributed by atoms with E-state index in [2.05, 4.69) is 0 Å². The van der Waals surface area contributed by atoms with E-state index >= 15 is 0 Å². The van der Waals surface area contributed by atoms with Crippen molar-refractivity contribution in [2.45, 2.75) is 12.8 Å². The summed E-state index contributed by atoms with van der Waals surface area (Å²) in [6, 6.07) is 5.11. The number of alkyl halides is 2. The summed E-state index contributed by atoms with van der Waals surface area (Å²) in [6.45, 7) is 1.04. The van der Waals surface area contributed by atoms with Gasteiger partial charge in [-0.05, 0) is 25.0 Å². The normalized spacial score (nSPS) is 10.1. The van der Waals surface area contributed by atoms with Crippen molar-refractivity contribution in [3.63, 3.8) is 0 Å². The Hall–Kier alpha value is -0.930. The van der Waals surface area contributed by atoms with E-state index in [1.54, 1.807) is 18.2 Å². The summed E-state index contributed by atoms with van der Waals surface area (Å²) in [5, 5.41) is 0. The zero-order valence-corrected chi connectivity index (χ0v) is 11.5. The summed E-state index contributed by atoms with van der Waals surface area (Å²) in [7, 11) is 0. The molecule has 5 heteroatoms. The monoisotopic (exact) mass is 290 g/mol. The minimum atomic E-state index is 0.521. The van der Waals surface area contributed by atoms with Crippen LogP contribution in [0.15, 0.2) is 18.2 Å². The van der Waals surface area contributed by atoms with Crippen molar-refractivity contribution in [2.75, 3.05) is 25.0 Å². The van der Waals surface area contributed by atoms with E-state index < -0.39 is 0 Å². The predicted octanol–water partition coefficient (Wildman–Crippen LogP) is 3.51. The first kappa shape index (κ1) is 15.1. The summed E-state index contributed by atoms with van der Waals surface area (Å²) in [5.74, 6) is 2.33. The van der Waals surface area contributed by atoms with Gasteiger partial charge in [0.25, 0.3) is 0 Å². The topological polar surface area (TPSA) is 35.5 Å². The van der Waals surface area contributed by atoms with E-state index in [0.717, 1.165) is 19.1 Å². The van der Waals surface area contributed by atoms with Crippen molar-refractivity contribution in [3.8, 4) is 11.5 Å². The number of ether oxygens (including phenoxy) is 2. The lowest BCUT2D eigenvalue weighted by molar-refractivity contribution is 0.112. The van der Waals surface area contributed by atoms with Crippen LogP contribution in [0.5, 0.6) is 11.5 Å². The van der Waals surface area contributed by atoms with Crippen LogP contribution in [0, 0.1) is 0 Å². The Balaban J connectivity index is 2.64. The molecule has 0 saturated heterocycles. The van der Waals surface area contributed by atoms with Gasteiger partial charge in [-0.1, -0.05) is 0 Å². The quantitative estimate of drug-likeness (QED) is 0.397. The van der Waals surface area contributed by atoms with E-state index in [1.807, 2.05) is 0 Å². The lowest BCUT2D eigenvalue weighted by atomic mass is 10.2. The van der Waals surface area contributed by atoms with Crippen molar-refractivity contribution >= 4 is 29.5 Å². The van der Waals surface area contributed by atoms with Crippen LogP contribution in [0.4, 0.5) is 0 Å². The fourth-order valence-corrected chi connectivity index (χ4v) is 1.54.